The summed E-state index contributed by atoms with van der Waals surface area (Å²) in [7, 11) is 0. The van der Waals surface area contributed by atoms with Gasteiger partial charge in [0.25, 0.3) is 0 Å². The number of hydrogen-bond acceptors (Lipinski definition) is 2. The van der Waals surface area contributed by atoms with Crippen molar-refractivity contribution in [2.24, 2.45) is 11.8 Å². The van der Waals surface area contributed by atoms with E-state index in [9.17, 15) is 0 Å². The van der Waals surface area contributed by atoms with Gasteiger partial charge in [0.05, 0.1) is 0 Å². The van der Waals surface area contributed by atoms with Crippen LogP contribution in [-0.4, -0.2) is 49.1 Å². The van der Waals surface area contributed by atoms with Crippen LogP contribution in [-0.2, 0) is 0 Å². The summed E-state index contributed by atoms with van der Waals surface area (Å²) < 4.78 is 0. The highest BCUT2D eigenvalue weighted by Gasteiger charge is 2.16. The van der Waals surface area contributed by atoms with E-state index in [1.165, 1.54) is 65.0 Å². The topological polar surface area (TPSA) is 6.48 Å². The maximum atomic E-state index is 2.66. The molecule has 0 spiro atoms. The van der Waals surface area contributed by atoms with Crippen molar-refractivity contribution in [2.75, 3.05) is 39.3 Å². The predicted molar refractivity (Wildman–Crippen MR) is 81.0 cm³/mol. The van der Waals surface area contributed by atoms with Crippen molar-refractivity contribution < 1.29 is 0 Å². The Bertz CT molecular complexity index is 195. The summed E-state index contributed by atoms with van der Waals surface area (Å²) in [5.74, 6) is 1.76. The van der Waals surface area contributed by atoms with E-state index >= 15 is 0 Å². The summed E-state index contributed by atoms with van der Waals surface area (Å²) in [5, 5.41) is 0. The van der Waals surface area contributed by atoms with E-state index in [0.29, 0.717) is 0 Å². The summed E-state index contributed by atoms with van der Waals surface area (Å²) in [5.41, 5.74) is 0. The van der Waals surface area contributed by atoms with Gasteiger partial charge < -0.3 is 9.80 Å². The van der Waals surface area contributed by atoms with Crippen LogP contribution in [0.2, 0.25) is 0 Å². The lowest BCUT2D eigenvalue weighted by Crippen LogP contribution is -2.46. The molecule has 0 aromatic carbocycles. The van der Waals surface area contributed by atoms with Gasteiger partial charge in [0.15, 0.2) is 0 Å². The Morgan fingerprint density at radius 1 is 0.833 bits per heavy atom. The van der Waals surface area contributed by atoms with Gasteiger partial charge in [0, 0.05) is 26.2 Å². The summed E-state index contributed by atoms with van der Waals surface area (Å²) >= 11 is 0. The van der Waals surface area contributed by atoms with Crippen LogP contribution in [0.4, 0.5) is 0 Å². The normalized spacial score (nSPS) is 20.5. The van der Waals surface area contributed by atoms with Crippen molar-refractivity contribution in [1.29, 1.82) is 0 Å². The molecule has 0 N–H and O–H groups in total. The van der Waals surface area contributed by atoms with Gasteiger partial charge in [-0.15, -0.1) is 0 Å². The van der Waals surface area contributed by atoms with E-state index in [0.717, 1.165) is 11.8 Å². The molecule has 1 heterocycles. The molecule has 0 aromatic heterocycles. The van der Waals surface area contributed by atoms with Crippen LogP contribution in [0.15, 0.2) is 0 Å². The van der Waals surface area contributed by atoms with Crippen molar-refractivity contribution in [3.05, 3.63) is 0 Å². The standard InChI is InChI=1S/C16H34N2/c1-5-16(4)8-10-18-13-11-17(12-14-18)9-6-7-15(2)3/h15-16H,5-14H2,1-4H3. The molecule has 0 aliphatic carbocycles. The summed E-state index contributed by atoms with van der Waals surface area (Å²) in [4.78, 5) is 5.31. The maximum Gasteiger partial charge on any atom is 0.0110 e. The molecule has 0 amide bonds. The van der Waals surface area contributed by atoms with Gasteiger partial charge in [-0.1, -0.05) is 34.1 Å². The Morgan fingerprint density at radius 3 is 1.89 bits per heavy atom. The molecule has 0 radical (unpaired) electrons. The molecule has 1 saturated heterocycles. The summed E-state index contributed by atoms with van der Waals surface area (Å²) in [6.45, 7) is 17.1. The molecule has 1 fully saturated rings. The molecule has 0 bridgehead atoms. The first kappa shape index (κ1) is 16.0. The first-order chi connectivity index (χ1) is 8.61. The van der Waals surface area contributed by atoms with E-state index in [-0.39, 0.29) is 0 Å². The Hall–Kier alpha value is -0.0800. The minimum Gasteiger partial charge on any atom is -0.301 e. The average Bonchev–Trinajstić information content (AvgIpc) is 2.37. The van der Waals surface area contributed by atoms with Gasteiger partial charge in [0.1, 0.15) is 0 Å². The smallest absolute Gasteiger partial charge is 0.0110 e. The van der Waals surface area contributed by atoms with Crippen molar-refractivity contribution in [3.63, 3.8) is 0 Å². The van der Waals surface area contributed by atoms with Gasteiger partial charge in [-0.2, -0.15) is 0 Å². The van der Waals surface area contributed by atoms with Crippen LogP contribution in [0.25, 0.3) is 0 Å². The van der Waals surface area contributed by atoms with E-state index in [2.05, 4.69) is 37.5 Å². The predicted octanol–water partition coefficient (Wildman–Crippen LogP) is 3.48. The Morgan fingerprint density at radius 2 is 1.39 bits per heavy atom. The highest BCUT2D eigenvalue weighted by Crippen LogP contribution is 2.11. The highest BCUT2D eigenvalue weighted by molar-refractivity contribution is 4.72. The lowest BCUT2D eigenvalue weighted by atomic mass is 10.0. The largest absolute Gasteiger partial charge is 0.301 e. The second-order valence-electron chi connectivity index (χ2n) is 6.52. The minimum absolute atomic E-state index is 0.863. The third kappa shape index (κ3) is 6.75. The number of hydrogen-bond donors (Lipinski definition) is 0. The molecule has 0 saturated carbocycles. The molecule has 1 aliphatic rings. The fourth-order valence-corrected chi connectivity index (χ4v) is 2.57. The second-order valence-corrected chi connectivity index (χ2v) is 6.52. The van der Waals surface area contributed by atoms with Gasteiger partial charge in [-0.3, -0.25) is 0 Å². The van der Waals surface area contributed by atoms with Crippen LogP contribution in [0.5, 0.6) is 0 Å². The van der Waals surface area contributed by atoms with Crippen LogP contribution in [0.3, 0.4) is 0 Å². The van der Waals surface area contributed by atoms with Crippen molar-refractivity contribution >= 4 is 0 Å². The van der Waals surface area contributed by atoms with E-state index in [1.807, 2.05) is 0 Å². The Kier molecular flexibility index (Phi) is 7.92. The first-order valence-electron chi connectivity index (χ1n) is 8.06. The fraction of sp³-hybridized carbons (Fsp3) is 1.00. The lowest BCUT2D eigenvalue weighted by molar-refractivity contribution is 0.125. The van der Waals surface area contributed by atoms with Crippen molar-refractivity contribution in [2.45, 2.75) is 53.4 Å². The Labute approximate surface area is 115 Å². The summed E-state index contributed by atoms with van der Waals surface area (Å²) in [6.07, 6.45) is 5.47. The van der Waals surface area contributed by atoms with E-state index in [1.54, 1.807) is 0 Å². The molecular weight excluding hydrogens is 220 g/mol. The molecule has 108 valence electrons. The first-order valence-corrected chi connectivity index (χ1v) is 8.06. The Balaban J connectivity index is 2.05. The van der Waals surface area contributed by atoms with E-state index < -0.39 is 0 Å². The molecule has 18 heavy (non-hydrogen) atoms. The van der Waals surface area contributed by atoms with E-state index in [4.69, 9.17) is 0 Å². The highest BCUT2D eigenvalue weighted by atomic mass is 15.3. The zero-order chi connectivity index (χ0) is 13.4. The molecule has 1 aliphatic heterocycles. The quantitative estimate of drug-likeness (QED) is 0.654. The van der Waals surface area contributed by atoms with Crippen LogP contribution < -0.4 is 0 Å². The van der Waals surface area contributed by atoms with Crippen LogP contribution in [0, 0.1) is 11.8 Å². The molecular formula is C16H34N2. The molecule has 0 aromatic rings. The molecule has 2 heteroatoms. The maximum absolute atomic E-state index is 2.66. The number of nitrogens with zero attached hydrogens (tertiary/aromatic N) is 2. The number of rotatable bonds is 8. The third-order valence-electron chi connectivity index (χ3n) is 4.36. The minimum atomic E-state index is 0.863. The number of piperazine rings is 1. The molecule has 1 unspecified atom stereocenters. The summed E-state index contributed by atoms with van der Waals surface area (Å²) in [6, 6.07) is 0. The van der Waals surface area contributed by atoms with Crippen molar-refractivity contribution in [3.8, 4) is 0 Å². The van der Waals surface area contributed by atoms with Gasteiger partial charge in [-0.05, 0) is 44.2 Å². The average molecular weight is 254 g/mol. The fourth-order valence-electron chi connectivity index (χ4n) is 2.57. The SMILES string of the molecule is CCC(C)CCN1CCN(CCCC(C)C)CC1. The van der Waals surface area contributed by atoms with Gasteiger partial charge in [0.2, 0.25) is 0 Å². The third-order valence-corrected chi connectivity index (χ3v) is 4.36. The molecule has 1 atom stereocenters. The van der Waals surface area contributed by atoms with Gasteiger partial charge >= 0.3 is 0 Å². The monoisotopic (exact) mass is 254 g/mol. The zero-order valence-electron chi connectivity index (χ0n) is 13.1. The van der Waals surface area contributed by atoms with Crippen LogP contribution in [0.1, 0.15) is 53.4 Å². The zero-order valence-corrected chi connectivity index (χ0v) is 13.1. The van der Waals surface area contributed by atoms with Gasteiger partial charge in [-0.25, -0.2) is 0 Å². The molecule has 1 rings (SSSR count). The van der Waals surface area contributed by atoms with Crippen LogP contribution >= 0.6 is 0 Å². The molecule has 2 nitrogen and oxygen atoms in total. The second kappa shape index (κ2) is 8.92. The van der Waals surface area contributed by atoms with Crippen molar-refractivity contribution in [1.82, 2.24) is 9.80 Å². The lowest BCUT2D eigenvalue weighted by Gasteiger charge is -2.35.